The standard InChI is InChI=1S/C21H19N5O3S2/c27-18(24-14-3-4-17(22-10-14)25-5-7-29-8-6-25)11-26-13-23-20-19(21(26)28)15(12-31-20)16-2-1-9-30-16/h1-4,9-10,12-13H,5-8,11H2,(H,24,27). The smallest absolute Gasteiger partial charge is 0.263 e. The van der Waals surface area contributed by atoms with Gasteiger partial charge in [-0.05, 0) is 23.6 Å². The van der Waals surface area contributed by atoms with Gasteiger partial charge in [-0.1, -0.05) is 6.07 Å². The fourth-order valence-electron chi connectivity index (χ4n) is 3.49. The van der Waals surface area contributed by atoms with Gasteiger partial charge in [0.25, 0.3) is 5.56 Å². The van der Waals surface area contributed by atoms with Crippen molar-refractivity contribution in [2.75, 3.05) is 36.5 Å². The Labute approximate surface area is 185 Å². The van der Waals surface area contributed by atoms with Gasteiger partial charge in [0.1, 0.15) is 17.2 Å². The first-order valence-electron chi connectivity index (χ1n) is 9.78. The van der Waals surface area contributed by atoms with Crippen molar-refractivity contribution in [1.82, 2.24) is 14.5 Å². The highest BCUT2D eigenvalue weighted by Crippen LogP contribution is 2.33. The summed E-state index contributed by atoms with van der Waals surface area (Å²) in [6.45, 7) is 2.85. The van der Waals surface area contributed by atoms with Crippen LogP contribution in [0.5, 0.6) is 0 Å². The molecule has 0 saturated carbocycles. The number of morpholine rings is 1. The SMILES string of the molecule is O=C(Cn1cnc2scc(-c3cccs3)c2c1=O)Nc1ccc(N2CCOCC2)nc1. The third-order valence-corrected chi connectivity index (χ3v) is 6.82. The van der Waals surface area contributed by atoms with Crippen LogP contribution >= 0.6 is 22.7 Å². The molecular formula is C21H19N5O3S2. The normalized spacial score (nSPS) is 14.1. The van der Waals surface area contributed by atoms with E-state index in [1.807, 2.05) is 35.0 Å². The van der Waals surface area contributed by atoms with E-state index in [-0.39, 0.29) is 18.0 Å². The molecule has 0 spiro atoms. The van der Waals surface area contributed by atoms with Crippen molar-refractivity contribution < 1.29 is 9.53 Å². The summed E-state index contributed by atoms with van der Waals surface area (Å²) in [5.74, 6) is 0.544. The van der Waals surface area contributed by atoms with E-state index < -0.39 is 0 Å². The van der Waals surface area contributed by atoms with Gasteiger partial charge in [-0.25, -0.2) is 9.97 Å². The summed E-state index contributed by atoms with van der Waals surface area (Å²) in [6.07, 6.45) is 3.05. The minimum Gasteiger partial charge on any atom is -0.378 e. The number of thiophene rings is 2. The lowest BCUT2D eigenvalue weighted by molar-refractivity contribution is -0.116. The summed E-state index contributed by atoms with van der Waals surface area (Å²) in [6, 6.07) is 7.61. The molecule has 0 radical (unpaired) electrons. The number of nitrogens with one attached hydrogen (secondary N) is 1. The Morgan fingerprint density at radius 2 is 2.03 bits per heavy atom. The number of hydrogen-bond donors (Lipinski definition) is 1. The number of amides is 1. The van der Waals surface area contributed by atoms with Gasteiger partial charge >= 0.3 is 0 Å². The zero-order valence-electron chi connectivity index (χ0n) is 16.5. The second-order valence-electron chi connectivity index (χ2n) is 7.04. The van der Waals surface area contributed by atoms with Crippen LogP contribution in [0.25, 0.3) is 20.7 Å². The molecule has 8 nitrogen and oxygen atoms in total. The molecule has 5 heterocycles. The number of carbonyl (C=O) groups is 1. The highest BCUT2D eigenvalue weighted by molar-refractivity contribution is 7.18. The summed E-state index contributed by atoms with van der Waals surface area (Å²) in [5, 5.41) is 7.27. The lowest BCUT2D eigenvalue weighted by atomic mass is 10.2. The molecule has 31 heavy (non-hydrogen) atoms. The molecule has 1 N–H and O–H groups in total. The van der Waals surface area contributed by atoms with E-state index in [4.69, 9.17) is 4.74 Å². The van der Waals surface area contributed by atoms with E-state index in [0.717, 1.165) is 29.3 Å². The predicted molar refractivity (Wildman–Crippen MR) is 123 cm³/mol. The number of rotatable bonds is 5. The van der Waals surface area contributed by atoms with Crippen LogP contribution in [0.4, 0.5) is 11.5 Å². The third kappa shape index (κ3) is 4.09. The Morgan fingerprint density at radius 3 is 2.77 bits per heavy atom. The number of anilines is 2. The maximum Gasteiger partial charge on any atom is 0.263 e. The first-order valence-corrected chi connectivity index (χ1v) is 11.5. The molecule has 5 rings (SSSR count). The highest BCUT2D eigenvalue weighted by atomic mass is 32.1. The number of aromatic nitrogens is 3. The zero-order valence-corrected chi connectivity index (χ0v) is 18.1. The minimum atomic E-state index is -0.308. The number of carbonyl (C=O) groups excluding carboxylic acids is 1. The highest BCUT2D eigenvalue weighted by Gasteiger charge is 2.16. The van der Waals surface area contributed by atoms with Gasteiger partial charge in [-0.2, -0.15) is 0 Å². The number of nitrogens with zero attached hydrogens (tertiary/aromatic N) is 4. The van der Waals surface area contributed by atoms with Crippen LogP contribution in [-0.4, -0.2) is 46.7 Å². The van der Waals surface area contributed by atoms with Crippen LogP contribution in [0.1, 0.15) is 0 Å². The molecule has 1 saturated heterocycles. The van der Waals surface area contributed by atoms with Gasteiger partial charge in [-0.3, -0.25) is 14.2 Å². The number of ether oxygens (including phenoxy) is 1. The topological polar surface area (TPSA) is 89.4 Å². The first kappa shape index (κ1) is 19.9. The molecule has 4 aromatic heterocycles. The fraction of sp³-hybridized carbons (Fsp3) is 0.238. The van der Waals surface area contributed by atoms with Gasteiger partial charge in [0.05, 0.1) is 36.8 Å². The van der Waals surface area contributed by atoms with Crippen molar-refractivity contribution >= 4 is 50.3 Å². The number of pyridine rings is 1. The molecule has 158 valence electrons. The molecule has 10 heteroatoms. The van der Waals surface area contributed by atoms with Gasteiger partial charge < -0.3 is 15.0 Å². The molecular weight excluding hydrogens is 434 g/mol. The second kappa shape index (κ2) is 8.58. The molecule has 0 unspecified atom stereocenters. The molecule has 1 amide bonds. The molecule has 0 aliphatic carbocycles. The lowest BCUT2D eigenvalue weighted by Crippen LogP contribution is -2.36. The number of fused-ring (bicyclic) bond motifs is 1. The molecule has 0 atom stereocenters. The first-order chi connectivity index (χ1) is 15.2. The average molecular weight is 454 g/mol. The van der Waals surface area contributed by atoms with Crippen molar-refractivity contribution in [3.63, 3.8) is 0 Å². The van der Waals surface area contributed by atoms with Crippen molar-refractivity contribution in [3.8, 4) is 10.4 Å². The number of hydrogen-bond acceptors (Lipinski definition) is 8. The largest absolute Gasteiger partial charge is 0.378 e. The Balaban J connectivity index is 1.32. The van der Waals surface area contributed by atoms with E-state index in [2.05, 4.69) is 20.2 Å². The van der Waals surface area contributed by atoms with E-state index >= 15 is 0 Å². The Bertz CT molecular complexity index is 1260. The molecule has 0 bridgehead atoms. The zero-order chi connectivity index (χ0) is 21.2. The van der Waals surface area contributed by atoms with E-state index in [1.54, 1.807) is 17.5 Å². The van der Waals surface area contributed by atoms with Gasteiger partial charge in [-0.15, -0.1) is 22.7 Å². The molecule has 1 fully saturated rings. The summed E-state index contributed by atoms with van der Waals surface area (Å²) in [7, 11) is 0. The minimum absolute atomic E-state index is 0.118. The summed E-state index contributed by atoms with van der Waals surface area (Å²) < 4.78 is 6.70. The van der Waals surface area contributed by atoms with Crippen LogP contribution in [0, 0.1) is 0 Å². The third-order valence-electron chi connectivity index (χ3n) is 5.03. The van der Waals surface area contributed by atoms with Crippen molar-refractivity contribution in [3.05, 3.63) is 57.9 Å². The maximum absolute atomic E-state index is 13.0. The predicted octanol–water partition coefficient (Wildman–Crippen LogP) is 3.06. The summed E-state index contributed by atoms with van der Waals surface area (Å²) in [5.41, 5.74) is 1.23. The van der Waals surface area contributed by atoms with E-state index in [1.165, 1.54) is 22.2 Å². The Kier molecular flexibility index (Phi) is 5.49. The molecule has 1 aliphatic heterocycles. The molecule has 1 aliphatic rings. The van der Waals surface area contributed by atoms with Crippen molar-refractivity contribution in [2.45, 2.75) is 6.54 Å². The molecule has 0 aromatic carbocycles. The second-order valence-corrected chi connectivity index (χ2v) is 8.84. The quantitative estimate of drug-likeness (QED) is 0.500. The van der Waals surface area contributed by atoms with Gasteiger partial charge in [0.15, 0.2) is 0 Å². The van der Waals surface area contributed by atoms with Crippen molar-refractivity contribution in [1.29, 1.82) is 0 Å². The Morgan fingerprint density at radius 1 is 1.16 bits per heavy atom. The van der Waals surface area contributed by atoms with E-state index in [0.29, 0.717) is 29.1 Å². The maximum atomic E-state index is 13.0. The molecule has 4 aromatic rings. The Hall–Kier alpha value is -3.08. The van der Waals surface area contributed by atoms with Crippen LogP contribution in [-0.2, 0) is 16.1 Å². The average Bonchev–Trinajstić information content (AvgIpc) is 3.47. The van der Waals surface area contributed by atoms with Crippen LogP contribution in [0.3, 0.4) is 0 Å². The van der Waals surface area contributed by atoms with E-state index in [9.17, 15) is 9.59 Å². The lowest BCUT2D eigenvalue weighted by Gasteiger charge is -2.27. The monoisotopic (exact) mass is 453 g/mol. The van der Waals surface area contributed by atoms with Gasteiger partial charge in [0, 0.05) is 28.9 Å². The van der Waals surface area contributed by atoms with Crippen LogP contribution in [0.2, 0.25) is 0 Å². The van der Waals surface area contributed by atoms with Crippen LogP contribution < -0.4 is 15.8 Å². The fourth-order valence-corrected chi connectivity index (χ4v) is 5.21. The summed E-state index contributed by atoms with van der Waals surface area (Å²) in [4.78, 5) is 38.2. The van der Waals surface area contributed by atoms with Gasteiger partial charge in [0.2, 0.25) is 5.91 Å². The van der Waals surface area contributed by atoms with Crippen LogP contribution in [0.15, 0.2) is 52.3 Å². The summed E-state index contributed by atoms with van der Waals surface area (Å²) >= 11 is 3.00. The van der Waals surface area contributed by atoms with Crippen molar-refractivity contribution in [2.24, 2.45) is 0 Å².